The predicted molar refractivity (Wildman–Crippen MR) is 109 cm³/mol. The summed E-state index contributed by atoms with van der Waals surface area (Å²) in [5.74, 6) is 2.43. The molecular formula is C21H20N2O6S. The SMILES string of the molecule is COc1ccc2c(c1OC)C(=O)N1[C@@H]2SC[C@H]1C(=O)NCc1ccc2c(c1)OCO2. The van der Waals surface area contributed by atoms with E-state index in [1.165, 1.54) is 14.2 Å². The van der Waals surface area contributed by atoms with Gasteiger partial charge in [-0.25, -0.2) is 0 Å². The maximum atomic E-state index is 13.2. The molecule has 1 fully saturated rings. The van der Waals surface area contributed by atoms with Gasteiger partial charge in [-0.15, -0.1) is 11.8 Å². The highest BCUT2D eigenvalue weighted by Crippen LogP contribution is 2.52. The van der Waals surface area contributed by atoms with Crippen molar-refractivity contribution < 1.29 is 28.5 Å². The van der Waals surface area contributed by atoms with Crippen LogP contribution < -0.4 is 24.3 Å². The van der Waals surface area contributed by atoms with Gasteiger partial charge in [0, 0.05) is 17.9 Å². The molecule has 0 saturated carbocycles. The Bertz CT molecular complexity index is 1040. The van der Waals surface area contributed by atoms with Crippen LogP contribution in [0.4, 0.5) is 0 Å². The third-order valence-corrected chi connectivity index (χ3v) is 6.80. The van der Waals surface area contributed by atoms with E-state index < -0.39 is 6.04 Å². The van der Waals surface area contributed by atoms with Crippen molar-refractivity contribution in [3.63, 3.8) is 0 Å². The average molecular weight is 428 g/mol. The maximum Gasteiger partial charge on any atom is 0.260 e. The third-order valence-electron chi connectivity index (χ3n) is 5.50. The van der Waals surface area contributed by atoms with E-state index in [0.29, 0.717) is 40.9 Å². The van der Waals surface area contributed by atoms with Crippen LogP contribution in [0.2, 0.25) is 0 Å². The van der Waals surface area contributed by atoms with E-state index in [9.17, 15) is 9.59 Å². The summed E-state index contributed by atoms with van der Waals surface area (Å²) in [7, 11) is 3.05. The molecule has 1 N–H and O–H groups in total. The van der Waals surface area contributed by atoms with Crippen molar-refractivity contribution in [2.45, 2.75) is 18.0 Å². The molecule has 2 amide bonds. The molecule has 8 nitrogen and oxygen atoms in total. The van der Waals surface area contributed by atoms with Crippen LogP contribution in [0.3, 0.4) is 0 Å². The number of carbonyl (C=O) groups is 2. The fraction of sp³-hybridized carbons (Fsp3) is 0.333. The van der Waals surface area contributed by atoms with E-state index in [1.54, 1.807) is 22.7 Å². The molecule has 156 valence electrons. The molecule has 0 aromatic heterocycles. The van der Waals surface area contributed by atoms with Crippen molar-refractivity contribution in [1.29, 1.82) is 0 Å². The molecule has 0 radical (unpaired) electrons. The Morgan fingerprint density at radius 2 is 2.03 bits per heavy atom. The first-order valence-electron chi connectivity index (χ1n) is 9.47. The molecule has 2 aromatic carbocycles. The minimum Gasteiger partial charge on any atom is -0.493 e. The molecule has 3 aliphatic heterocycles. The minimum absolute atomic E-state index is 0.185. The summed E-state index contributed by atoms with van der Waals surface area (Å²) >= 11 is 1.58. The van der Waals surface area contributed by atoms with Crippen LogP contribution in [0.15, 0.2) is 30.3 Å². The molecule has 3 heterocycles. The number of benzene rings is 2. The quantitative estimate of drug-likeness (QED) is 0.782. The van der Waals surface area contributed by atoms with Crippen molar-refractivity contribution in [2.75, 3.05) is 26.8 Å². The number of carbonyl (C=O) groups excluding carboxylic acids is 2. The van der Waals surface area contributed by atoms with Crippen molar-refractivity contribution >= 4 is 23.6 Å². The number of fused-ring (bicyclic) bond motifs is 4. The Morgan fingerprint density at radius 3 is 2.83 bits per heavy atom. The number of thioether (sulfide) groups is 1. The summed E-state index contributed by atoms with van der Waals surface area (Å²) in [6.45, 7) is 0.547. The number of methoxy groups -OCH3 is 2. The first kappa shape index (κ1) is 18.9. The molecule has 2 aromatic rings. The van der Waals surface area contributed by atoms with E-state index in [2.05, 4.69) is 5.32 Å². The van der Waals surface area contributed by atoms with E-state index >= 15 is 0 Å². The molecule has 0 unspecified atom stereocenters. The zero-order chi connectivity index (χ0) is 20.8. The fourth-order valence-corrected chi connectivity index (χ4v) is 5.51. The fourth-order valence-electron chi connectivity index (χ4n) is 4.05. The van der Waals surface area contributed by atoms with Crippen molar-refractivity contribution in [2.24, 2.45) is 0 Å². The van der Waals surface area contributed by atoms with Gasteiger partial charge in [0.1, 0.15) is 11.4 Å². The van der Waals surface area contributed by atoms with Gasteiger partial charge in [-0.05, 0) is 23.8 Å². The second-order valence-corrected chi connectivity index (χ2v) is 8.20. The molecule has 5 rings (SSSR count). The standard InChI is InChI=1S/C21H20N2O6S/c1-26-15-6-4-12-17(18(15)27-2)20(25)23-13(9-30-21(12)23)19(24)22-8-11-3-5-14-16(7-11)29-10-28-14/h3-7,13,21H,8-10H2,1-2H3,(H,22,24)/t13-,21+/m0/s1. The normalized spacial score (nSPS) is 20.7. The number of rotatable bonds is 5. The monoisotopic (exact) mass is 428 g/mol. The van der Waals surface area contributed by atoms with Crippen LogP contribution in [0.5, 0.6) is 23.0 Å². The smallest absolute Gasteiger partial charge is 0.260 e. The summed E-state index contributed by atoms with van der Waals surface area (Å²) in [6.07, 6.45) is 0. The molecule has 1 saturated heterocycles. The van der Waals surface area contributed by atoms with Crippen molar-refractivity contribution in [3.8, 4) is 23.0 Å². The molecule has 0 bridgehead atoms. The highest BCUT2D eigenvalue weighted by atomic mass is 32.2. The van der Waals surface area contributed by atoms with Crippen LogP contribution >= 0.6 is 11.8 Å². The van der Waals surface area contributed by atoms with Gasteiger partial charge in [-0.1, -0.05) is 12.1 Å². The lowest BCUT2D eigenvalue weighted by Crippen LogP contribution is -2.45. The van der Waals surface area contributed by atoms with E-state index in [0.717, 1.165) is 11.1 Å². The van der Waals surface area contributed by atoms with Crippen LogP contribution in [0.1, 0.15) is 26.9 Å². The maximum absolute atomic E-state index is 13.2. The Morgan fingerprint density at radius 1 is 1.20 bits per heavy atom. The topological polar surface area (TPSA) is 86.3 Å². The Balaban J connectivity index is 1.33. The van der Waals surface area contributed by atoms with Crippen molar-refractivity contribution in [3.05, 3.63) is 47.0 Å². The van der Waals surface area contributed by atoms with Crippen LogP contribution in [0, 0.1) is 0 Å². The number of nitrogens with one attached hydrogen (secondary N) is 1. The lowest BCUT2D eigenvalue weighted by atomic mass is 10.1. The lowest BCUT2D eigenvalue weighted by molar-refractivity contribution is -0.124. The second-order valence-electron chi connectivity index (χ2n) is 7.08. The highest BCUT2D eigenvalue weighted by molar-refractivity contribution is 7.99. The number of amides is 2. The largest absolute Gasteiger partial charge is 0.493 e. The predicted octanol–water partition coefficient (Wildman–Crippen LogP) is 2.32. The van der Waals surface area contributed by atoms with Gasteiger partial charge in [0.2, 0.25) is 12.7 Å². The average Bonchev–Trinajstić information content (AvgIpc) is 3.47. The van der Waals surface area contributed by atoms with Gasteiger partial charge < -0.3 is 29.2 Å². The van der Waals surface area contributed by atoms with Gasteiger partial charge >= 0.3 is 0 Å². The first-order chi connectivity index (χ1) is 14.6. The summed E-state index contributed by atoms with van der Waals surface area (Å²) < 4.78 is 21.5. The number of nitrogens with zero attached hydrogens (tertiary/aromatic N) is 1. The van der Waals surface area contributed by atoms with Gasteiger partial charge in [-0.3, -0.25) is 9.59 Å². The Kier molecular flexibility index (Phi) is 4.62. The van der Waals surface area contributed by atoms with Gasteiger partial charge in [0.25, 0.3) is 5.91 Å². The van der Waals surface area contributed by atoms with Crippen LogP contribution in [-0.4, -0.2) is 49.5 Å². The molecule has 3 aliphatic rings. The summed E-state index contributed by atoms with van der Waals surface area (Å²) in [5.41, 5.74) is 2.23. The van der Waals surface area contributed by atoms with Crippen LogP contribution in [-0.2, 0) is 11.3 Å². The van der Waals surface area contributed by atoms with Crippen LogP contribution in [0.25, 0.3) is 0 Å². The third kappa shape index (κ3) is 2.84. The number of hydrogen-bond acceptors (Lipinski definition) is 7. The molecule has 30 heavy (non-hydrogen) atoms. The first-order valence-corrected chi connectivity index (χ1v) is 10.5. The molecular weight excluding hydrogens is 408 g/mol. The van der Waals surface area contributed by atoms with Crippen molar-refractivity contribution in [1.82, 2.24) is 10.2 Å². The van der Waals surface area contributed by atoms with Gasteiger partial charge in [0.05, 0.1) is 19.8 Å². The zero-order valence-corrected chi connectivity index (χ0v) is 17.3. The van der Waals surface area contributed by atoms with Gasteiger partial charge in [0.15, 0.2) is 23.0 Å². The summed E-state index contributed by atoms with van der Waals surface area (Å²) in [6, 6.07) is 8.67. The summed E-state index contributed by atoms with van der Waals surface area (Å²) in [4.78, 5) is 27.8. The molecule has 9 heteroatoms. The van der Waals surface area contributed by atoms with Gasteiger partial charge in [-0.2, -0.15) is 0 Å². The molecule has 0 aliphatic carbocycles. The Labute approximate surface area is 177 Å². The number of ether oxygens (including phenoxy) is 4. The minimum atomic E-state index is -0.551. The summed E-state index contributed by atoms with van der Waals surface area (Å²) in [5, 5.41) is 2.74. The molecule has 2 atom stereocenters. The lowest BCUT2D eigenvalue weighted by Gasteiger charge is -2.22. The zero-order valence-electron chi connectivity index (χ0n) is 16.5. The second kappa shape index (κ2) is 7.32. The Hall–Kier alpha value is -3.07. The number of hydrogen-bond donors (Lipinski definition) is 1. The molecule has 0 spiro atoms. The van der Waals surface area contributed by atoms with E-state index in [-0.39, 0.29) is 24.0 Å². The highest BCUT2D eigenvalue weighted by Gasteiger charge is 2.50. The van der Waals surface area contributed by atoms with E-state index in [1.807, 2.05) is 24.3 Å². The van der Waals surface area contributed by atoms with E-state index in [4.69, 9.17) is 18.9 Å².